The molecule has 0 spiro atoms. The zero-order chi connectivity index (χ0) is 16.6. The maximum absolute atomic E-state index is 11.1. The summed E-state index contributed by atoms with van der Waals surface area (Å²) in [5, 5.41) is 8.74. The first kappa shape index (κ1) is 18.6. The van der Waals surface area contributed by atoms with Gasteiger partial charge in [-0.2, -0.15) is 8.42 Å². The highest BCUT2D eigenvalue weighted by molar-refractivity contribution is 7.85. The highest BCUT2D eigenvalue weighted by Gasteiger charge is 2.14. The Morgan fingerprint density at radius 2 is 1.68 bits per heavy atom. The third-order valence-electron chi connectivity index (χ3n) is 3.75. The number of aliphatic carboxylic acids is 1. The topological polar surface area (TPSA) is 91.7 Å². The SMILES string of the molecule is CCCCCC(CCCC(=O)O)c1ccc(S(=O)(=O)O)cc1. The summed E-state index contributed by atoms with van der Waals surface area (Å²) in [5.74, 6) is -0.574. The second-order valence-electron chi connectivity index (χ2n) is 5.52. The largest absolute Gasteiger partial charge is 0.481 e. The van der Waals surface area contributed by atoms with E-state index in [-0.39, 0.29) is 17.2 Å². The van der Waals surface area contributed by atoms with E-state index in [0.717, 1.165) is 37.7 Å². The van der Waals surface area contributed by atoms with Crippen LogP contribution in [0.2, 0.25) is 0 Å². The van der Waals surface area contributed by atoms with Gasteiger partial charge in [-0.1, -0.05) is 38.3 Å². The van der Waals surface area contributed by atoms with Crippen molar-refractivity contribution >= 4 is 16.1 Å². The maximum atomic E-state index is 11.1. The molecule has 1 unspecified atom stereocenters. The monoisotopic (exact) mass is 328 g/mol. The number of benzene rings is 1. The smallest absolute Gasteiger partial charge is 0.303 e. The van der Waals surface area contributed by atoms with E-state index in [0.29, 0.717) is 6.42 Å². The van der Waals surface area contributed by atoms with Crippen molar-refractivity contribution in [2.75, 3.05) is 0 Å². The first-order valence-electron chi connectivity index (χ1n) is 7.63. The van der Waals surface area contributed by atoms with Crippen molar-refractivity contribution in [2.45, 2.75) is 62.7 Å². The van der Waals surface area contributed by atoms with Gasteiger partial charge in [-0.25, -0.2) is 0 Å². The zero-order valence-corrected chi connectivity index (χ0v) is 13.7. The maximum Gasteiger partial charge on any atom is 0.303 e. The second kappa shape index (κ2) is 8.90. The summed E-state index contributed by atoms with van der Waals surface area (Å²) in [4.78, 5) is 10.5. The lowest BCUT2D eigenvalue weighted by Gasteiger charge is -2.17. The average Bonchev–Trinajstić information content (AvgIpc) is 2.45. The summed E-state index contributed by atoms with van der Waals surface area (Å²) in [6.45, 7) is 2.13. The van der Waals surface area contributed by atoms with Gasteiger partial charge in [0, 0.05) is 6.42 Å². The fourth-order valence-corrected chi connectivity index (χ4v) is 3.01. The molecule has 1 atom stereocenters. The number of carboxylic acids is 1. The lowest BCUT2D eigenvalue weighted by Crippen LogP contribution is -2.03. The van der Waals surface area contributed by atoms with Crippen LogP contribution in [0, 0.1) is 0 Å². The summed E-state index contributed by atoms with van der Waals surface area (Å²) in [5.41, 5.74) is 0.994. The Labute approximate surface area is 132 Å². The molecule has 2 N–H and O–H groups in total. The van der Waals surface area contributed by atoms with Crippen LogP contribution in [0.15, 0.2) is 29.2 Å². The Kier molecular flexibility index (Phi) is 7.55. The van der Waals surface area contributed by atoms with Crippen molar-refractivity contribution in [3.63, 3.8) is 0 Å². The average molecular weight is 328 g/mol. The minimum Gasteiger partial charge on any atom is -0.481 e. The van der Waals surface area contributed by atoms with Crippen LogP contribution in [0.5, 0.6) is 0 Å². The second-order valence-corrected chi connectivity index (χ2v) is 6.94. The molecule has 0 heterocycles. The van der Waals surface area contributed by atoms with Crippen molar-refractivity contribution in [3.05, 3.63) is 29.8 Å². The minimum absolute atomic E-state index is 0.117. The van der Waals surface area contributed by atoms with E-state index in [1.165, 1.54) is 12.1 Å². The Balaban J connectivity index is 2.77. The number of carboxylic acid groups (broad SMARTS) is 1. The molecule has 0 amide bonds. The fraction of sp³-hybridized carbons (Fsp3) is 0.562. The van der Waals surface area contributed by atoms with Crippen molar-refractivity contribution in [2.24, 2.45) is 0 Å². The molecular formula is C16H24O5S. The number of rotatable bonds is 10. The quantitative estimate of drug-likeness (QED) is 0.503. The van der Waals surface area contributed by atoms with Gasteiger partial charge in [0.2, 0.25) is 0 Å². The van der Waals surface area contributed by atoms with Crippen molar-refractivity contribution in [1.29, 1.82) is 0 Å². The zero-order valence-electron chi connectivity index (χ0n) is 12.9. The number of carbonyl (C=O) groups is 1. The Morgan fingerprint density at radius 1 is 1.09 bits per heavy atom. The molecule has 0 saturated carbocycles. The fourth-order valence-electron chi connectivity index (χ4n) is 2.53. The van der Waals surface area contributed by atoms with E-state index in [4.69, 9.17) is 9.66 Å². The summed E-state index contributed by atoms with van der Waals surface area (Å²) >= 11 is 0. The van der Waals surface area contributed by atoms with Gasteiger partial charge in [0.25, 0.3) is 10.1 Å². The summed E-state index contributed by atoms with van der Waals surface area (Å²) in [6, 6.07) is 6.21. The summed E-state index contributed by atoms with van der Waals surface area (Å²) < 4.78 is 31.1. The lowest BCUT2D eigenvalue weighted by molar-refractivity contribution is -0.137. The van der Waals surface area contributed by atoms with E-state index in [2.05, 4.69) is 6.92 Å². The van der Waals surface area contributed by atoms with Crippen LogP contribution < -0.4 is 0 Å². The number of hydrogen-bond acceptors (Lipinski definition) is 3. The molecule has 22 heavy (non-hydrogen) atoms. The van der Waals surface area contributed by atoms with Crippen LogP contribution in [0.25, 0.3) is 0 Å². The molecule has 0 aliphatic heterocycles. The van der Waals surface area contributed by atoms with Crippen LogP contribution in [-0.2, 0) is 14.9 Å². The normalized spacial score (nSPS) is 13.0. The molecule has 0 saturated heterocycles. The van der Waals surface area contributed by atoms with E-state index in [9.17, 15) is 13.2 Å². The Hall–Kier alpha value is -1.40. The van der Waals surface area contributed by atoms with E-state index in [1.54, 1.807) is 12.1 Å². The highest BCUT2D eigenvalue weighted by atomic mass is 32.2. The van der Waals surface area contributed by atoms with E-state index < -0.39 is 16.1 Å². The molecule has 6 heteroatoms. The molecule has 0 fully saturated rings. The standard InChI is InChI=1S/C16H24O5S/c1-2-3-4-6-13(7-5-8-16(17)18)14-9-11-15(12-10-14)22(19,20)21/h9-13H,2-8H2,1H3,(H,17,18)(H,19,20,21). The predicted molar refractivity (Wildman–Crippen MR) is 84.6 cm³/mol. The van der Waals surface area contributed by atoms with Crippen LogP contribution in [0.3, 0.4) is 0 Å². The van der Waals surface area contributed by atoms with Gasteiger partial charge >= 0.3 is 5.97 Å². The van der Waals surface area contributed by atoms with Gasteiger partial charge in [0.05, 0.1) is 4.90 Å². The van der Waals surface area contributed by atoms with Crippen LogP contribution in [0.4, 0.5) is 0 Å². The molecule has 1 aromatic carbocycles. The molecule has 1 rings (SSSR count). The summed E-state index contributed by atoms with van der Waals surface area (Å²) in [6.07, 6.45) is 5.77. The van der Waals surface area contributed by atoms with Crippen molar-refractivity contribution in [1.82, 2.24) is 0 Å². The van der Waals surface area contributed by atoms with Crippen molar-refractivity contribution < 1.29 is 22.9 Å². The molecule has 0 aliphatic rings. The summed E-state index contributed by atoms with van der Waals surface area (Å²) in [7, 11) is -4.17. The third-order valence-corrected chi connectivity index (χ3v) is 4.62. The molecule has 5 nitrogen and oxygen atoms in total. The molecule has 0 aliphatic carbocycles. The highest BCUT2D eigenvalue weighted by Crippen LogP contribution is 2.28. The molecule has 1 aromatic rings. The van der Waals surface area contributed by atoms with Gasteiger partial charge in [-0.15, -0.1) is 0 Å². The van der Waals surface area contributed by atoms with Crippen LogP contribution >= 0.6 is 0 Å². The number of unbranched alkanes of at least 4 members (excludes halogenated alkanes) is 2. The molecule has 0 bridgehead atoms. The lowest BCUT2D eigenvalue weighted by atomic mass is 9.89. The molecular weight excluding hydrogens is 304 g/mol. The van der Waals surface area contributed by atoms with Gasteiger partial charge in [-0.3, -0.25) is 9.35 Å². The van der Waals surface area contributed by atoms with Crippen LogP contribution in [0.1, 0.15) is 63.4 Å². The molecule has 0 radical (unpaired) electrons. The van der Waals surface area contributed by atoms with Gasteiger partial charge in [-0.05, 0) is 42.9 Å². The first-order chi connectivity index (χ1) is 10.3. The number of hydrogen-bond donors (Lipinski definition) is 2. The predicted octanol–water partition coefficient (Wildman–Crippen LogP) is 3.85. The van der Waals surface area contributed by atoms with Gasteiger partial charge in [0.15, 0.2) is 0 Å². The molecule has 124 valence electrons. The van der Waals surface area contributed by atoms with Gasteiger partial charge < -0.3 is 5.11 Å². The first-order valence-corrected chi connectivity index (χ1v) is 9.08. The Bertz CT molecular complexity index is 563. The van der Waals surface area contributed by atoms with Crippen molar-refractivity contribution in [3.8, 4) is 0 Å². The minimum atomic E-state index is -4.17. The van der Waals surface area contributed by atoms with E-state index in [1.807, 2.05) is 0 Å². The van der Waals surface area contributed by atoms with Gasteiger partial charge in [0.1, 0.15) is 0 Å². The van der Waals surface area contributed by atoms with E-state index >= 15 is 0 Å². The Morgan fingerprint density at radius 3 is 2.18 bits per heavy atom. The molecule has 0 aromatic heterocycles. The van der Waals surface area contributed by atoms with Crippen LogP contribution in [-0.4, -0.2) is 24.0 Å². The third kappa shape index (κ3) is 6.58.